The van der Waals surface area contributed by atoms with Crippen LogP contribution in [0.3, 0.4) is 0 Å². The van der Waals surface area contributed by atoms with Gasteiger partial charge in [0, 0.05) is 18.2 Å². The third-order valence-electron chi connectivity index (χ3n) is 7.78. The van der Waals surface area contributed by atoms with Crippen LogP contribution in [0.5, 0.6) is 0 Å². The molecule has 7 aromatic rings. The van der Waals surface area contributed by atoms with E-state index < -0.39 is 0 Å². The molecule has 0 atom stereocenters. The second-order valence-corrected chi connectivity index (χ2v) is 9.87. The molecule has 0 radical (unpaired) electrons. The van der Waals surface area contributed by atoms with E-state index in [-0.39, 0.29) is 0 Å². The van der Waals surface area contributed by atoms with Crippen LogP contribution in [-0.4, -0.2) is 5.10 Å². The molecule has 0 unspecified atom stereocenters. The molecule has 2 heteroatoms. The topological polar surface area (TPSA) is 16.8 Å². The number of benzene rings is 6. The highest BCUT2D eigenvalue weighted by Crippen LogP contribution is 2.49. The molecular formula is C36H23N2+. The van der Waals surface area contributed by atoms with Crippen molar-refractivity contribution < 1.29 is 4.68 Å². The van der Waals surface area contributed by atoms with E-state index in [1.807, 2.05) is 29.2 Å². The minimum Gasteiger partial charge on any atom is -0.0616 e. The number of nitrogens with zero attached hydrogens (tertiary/aromatic N) is 2. The maximum atomic E-state index is 4.45. The highest BCUT2D eigenvalue weighted by atomic mass is 15.2. The molecule has 1 aromatic heterocycles. The molecule has 0 saturated heterocycles. The lowest BCUT2D eigenvalue weighted by Crippen LogP contribution is -2.33. The lowest BCUT2D eigenvalue weighted by molar-refractivity contribution is -0.659. The SMILES string of the molecule is c1cc[n+](-c2ccc3c(-c4cccc(-c5ccc6c7c(cccc57)-c5ccccc5-6)c4)cccc3c2)nc1. The van der Waals surface area contributed by atoms with Crippen molar-refractivity contribution in [2.75, 3.05) is 0 Å². The Balaban J connectivity index is 1.27. The summed E-state index contributed by atoms with van der Waals surface area (Å²) >= 11 is 0. The zero-order valence-electron chi connectivity index (χ0n) is 20.7. The van der Waals surface area contributed by atoms with Crippen LogP contribution in [0.4, 0.5) is 0 Å². The van der Waals surface area contributed by atoms with Gasteiger partial charge in [0.15, 0.2) is 0 Å². The van der Waals surface area contributed by atoms with Crippen LogP contribution in [0.1, 0.15) is 0 Å². The van der Waals surface area contributed by atoms with Crippen LogP contribution in [0.2, 0.25) is 0 Å². The quantitative estimate of drug-likeness (QED) is 0.230. The van der Waals surface area contributed by atoms with Gasteiger partial charge in [0.25, 0.3) is 0 Å². The summed E-state index contributed by atoms with van der Waals surface area (Å²) in [5.74, 6) is 0. The zero-order valence-corrected chi connectivity index (χ0v) is 20.7. The minimum atomic E-state index is 1.05. The van der Waals surface area contributed by atoms with Gasteiger partial charge >= 0.3 is 0 Å². The molecule has 6 aromatic carbocycles. The third-order valence-corrected chi connectivity index (χ3v) is 7.78. The van der Waals surface area contributed by atoms with Crippen LogP contribution < -0.4 is 4.68 Å². The normalized spacial score (nSPS) is 11.7. The number of aromatic nitrogens is 2. The van der Waals surface area contributed by atoms with Crippen LogP contribution in [0.15, 0.2) is 140 Å². The third kappa shape index (κ3) is 3.14. The Hall–Kier alpha value is -5.08. The van der Waals surface area contributed by atoms with E-state index in [1.165, 1.54) is 66.1 Å². The summed E-state index contributed by atoms with van der Waals surface area (Å²) in [6, 6.07) is 46.1. The van der Waals surface area contributed by atoms with Crippen molar-refractivity contribution >= 4 is 21.5 Å². The van der Waals surface area contributed by atoms with Crippen molar-refractivity contribution in [2.45, 2.75) is 0 Å². The van der Waals surface area contributed by atoms with Gasteiger partial charge in [0.2, 0.25) is 11.9 Å². The van der Waals surface area contributed by atoms with Crippen LogP contribution in [-0.2, 0) is 0 Å². The molecule has 8 rings (SSSR count). The number of fused-ring (bicyclic) bond motifs is 4. The zero-order chi connectivity index (χ0) is 25.1. The van der Waals surface area contributed by atoms with E-state index in [0.717, 1.165) is 5.69 Å². The van der Waals surface area contributed by atoms with E-state index in [9.17, 15) is 0 Å². The fraction of sp³-hybridized carbons (Fsp3) is 0. The molecule has 0 amide bonds. The number of hydrogen-bond acceptors (Lipinski definition) is 1. The fourth-order valence-corrected chi connectivity index (χ4v) is 6.06. The molecule has 1 aliphatic carbocycles. The van der Waals surface area contributed by atoms with Crippen molar-refractivity contribution in [1.29, 1.82) is 0 Å². The van der Waals surface area contributed by atoms with Gasteiger partial charge in [-0.2, -0.15) is 0 Å². The Morgan fingerprint density at radius 1 is 0.447 bits per heavy atom. The Labute approximate surface area is 221 Å². The summed E-state index contributed by atoms with van der Waals surface area (Å²) in [7, 11) is 0. The molecule has 176 valence electrons. The lowest BCUT2D eigenvalue weighted by atomic mass is 9.91. The minimum absolute atomic E-state index is 1.05. The van der Waals surface area contributed by atoms with Gasteiger partial charge in [-0.25, -0.2) is 0 Å². The molecule has 2 nitrogen and oxygen atoms in total. The Morgan fingerprint density at radius 2 is 1.13 bits per heavy atom. The molecule has 0 fully saturated rings. The maximum absolute atomic E-state index is 4.45. The second-order valence-electron chi connectivity index (χ2n) is 9.87. The van der Waals surface area contributed by atoms with E-state index >= 15 is 0 Å². The van der Waals surface area contributed by atoms with Crippen LogP contribution in [0, 0.1) is 0 Å². The summed E-state index contributed by atoms with van der Waals surface area (Å²) in [4.78, 5) is 0. The summed E-state index contributed by atoms with van der Waals surface area (Å²) in [5.41, 5.74) is 11.4. The second kappa shape index (κ2) is 8.22. The van der Waals surface area contributed by atoms with Crippen molar-refractivity contribution in [1.82, 2.24) is 5.10 Å². The van der Waals surface area contributed by atoms with Gasteiger partial charge in [-0.05, 0) is 89.4 Å². The van der Waals surface area contributed by atoms with E-state index in [2.05, 4.69) is 120 Å². The van der Waals surface area contributed by atoms with Crippen molar-refractivity contribution in [3.8, 4) is 50.2 Å². The van der Waals surface area contributed by atoms with Gasteiger partial charge in [0.05, 0.1) is 6.20 Å². The Bertz CT molecular complexity index is 1990. The molecule has 1 aliphatic rings. The van der Waals surface area contributed by atoms with E-state index in [0.29, 0.717) is 0 Å². The van der Waals surface area contributed by atoms with Gasteiger partial charge in [-0.3, -0.25) is 0 Å². The standard InChI is InChI=1S/C36H23N2/c1-2-12-32-31(11-1)34-15-7-14-33-30(18-19-35(32)36(33)34)25-9-5-8-24(22-25)28-13-6-10-26-23-27(16-17-29(26)28)38-21-4-3-20-37-38/h1-23H/q+1. The largest absolute Gasteiger partial charge is 0.238 e. The first-order valence-corrected chi connectivity index (χ1v) is 13.0. The summed E-state index contributed by atoms with van der Waals surface area (Å²) in [6.07, 6.45) is 3.79. The first-order chi connectivity index (χ1) is 18.8. The first kappa shape index (κ1) is 21.0. The van der Waals surface area contributed by atoms with Crippen LogP contribution in [0.25, 0.3) is 71.7 Å². The van der Waals surface area contributed by atoms with Gasteiger partial charge in [-0.1, -0.05) is 95.7 Å². The fourth-order valence-electron chi connectivity index (χ4n) is 6.06. The van der Waals surface area contributed by atoms with E-state index in [4.69, 9.17) is 0 Å². The van der Waals surface area contributed by atoms with Gasteiger partial charge in [0.1, 0.15) is 0 Å². The summed E-state index contributed by atoms with van der Waals surface area (Å²) < 4.78 is 1.90. The summed E-state index contributed by atoms with van der Waals surface area (Å²) in [6.45, 7) is 0. The summed E-state index contributed by atoms with van der Waals surface area (Å²) in [5, 5.41) is 9.56. The highest BCUT2D eigenvalue weighted by molar-refractivity contribution is 6.18. The van der Waals surface area contributed by atoms with Crippen molar-refractivity contribution in [3.05, 3.63) is 140 Å². The molecule has 0 N–H and O–H groups in total. The smallest absolute Gasteiger partial charge is 0.0616 e. The Kier molecular flexibility index (Phi) is 4.55. The van der Waals surface area contributed by atoms with Crippen molar-refractivity contribution in [3.63, 3.8) is 0 Å². The first-order valence-electron chi connectivity index (χ1n) is 13.0. The van der Waals surface area contributed by atoms with Gasteiger partial charge in [-0.15, -0.1) is 0 Å². The lowest BCUT2D eigenvalue weighted by Gasteiger charge is -2.12. The maximum Gasteiger partial charge on any atom is 0.238 e. The monoisotopic (exact) mass is 483 g/mol. The van der Waals surface area contributed by atoms with E-state index in [1.54, 1.807) is 0 Å². The number of hydrogen-bond donors (Lipinski definition) is 0. The van der Waals surface area contributed by atoms with Gasteiger partial charge < -0.3 is 0 Å². The molecule has 1 heterocycles. The predicted octanol–water partition coefficient (Wildman–Crippen LogP) is 8.65. The predicted molar refractivity (Wildman–Crippen MR) is 156 cm³/mol. The average molecular weight is 484 g/mol. The average Bonchev–Trinajstić information content (AvgIpc) is 3.32. The molecular weight excluding hydrogens is 460 g/mol. The highest BCUT2D eigenvalue weighted by Gasteiger charge is 2.22. The molecule has 0 saturated carbocycles. The van der Waals surface area contributed by atoms with Crippen LogP contribution >= 0.6 is 0 Å². The Morgan fingerprint density at radius 3 is 1.95 bits per heavy atom. The molecule has 0 aliphatic heterocycles. The molecule has 38 heavy (non-hydrogen) atoms. The van der Waals surface area contributed by atoms with Crippen molar-refractivity contribution in [2.24, 2.45) is 0 Å². The molecule has 0 spiro atoms. The molecule has 0 bridgehead atoms. The number of rotatable bonds is 3.